The van der Waals surface area contributed by atoms with Gasteiger partial charge >= 0.3 is 0 Å². The monoisotopic (exact) mass is 271 g/mol. The van der Waals surface area contributed by atoms with E-state index < -0.39 is 0 Å². The Hall–Kier alpha value is -0.680. The van der Waals surface area contributed by atoms with Crippen LogP contribution in [0.4, 0.5) is 5.95 Å². The third-order valence-corrected chi connectivity index (χ3v) is 4.08. The summed E-state index contributed by atoms with van der Waals surface area (Å²) in [5, 5.41) is 3.42. The summed E-state index contributed by atoms with van der Waals surface area (Å²) in [6.07, 6.45) is 7.01. The van der Waals surface area contributed by atoms with E-state index in [2.05, 4.69) is 35.0 Å². The van der Waals surface area contributed by atoms with Gasteiger partial charge in [0.05, 0.1) is 0 Å². The highest BCUT2D eigenvalue weighted by Gasteiger charge is 2.16. The minimum Gasteiger partial charge on any atom is -0.382 e. The van der Waals surface area contributed by atoms with Gasteiger partial charge in [-0.1, -0.05) is 0 Å². The molecule has 0 saturated carbocycles. The fourth-order valence-corrected chi connectivity index (χ4v) is 1.72. The van der Waals surface area contributed by atoms with Crippen molar-refractivity contribution in [2.45, 2.75) is 38.5 Å². The highest BCUT2D eigenvalue weighted by molar-refractivity contribution is 7.99. The second-order valence-corrected chi connectivity index (χ2v) is 6.33. The average molecular weight is 271 g/mol. The van der Waals surface area contributed by atoms with Crippen LogP contribution in [0.3, 0.4) is 0 Å². The zero-order chi connectivity index (χ0) is 13.4. The molecular weight excluding hydrogens is 246 g/mol. The normalized spacial score (nSPS) is 11.8. The molecule has 0 aromatic carbocycles. The van der Waals surface area contributed by atoms with Crippen molar-refractivity contribution in [3.8, 4) is 0 Å². The molecule has 0 atom stereocenters. The number of anilines is 1. The van der Waals surface area contributed by atoms with Crippen LogP contribution < -0.4 is 5.32 Å². The molecule has 1 N–H and O–H groups in total. The highest BCUT2D eigenvalue weighted by Crippen LogP contribution is 2.21. The summed E-state index contributed by atoms with van der Waals surface area (Å²) in [5.74, 6) is 0.952. The smallest absolute Gasteiger partial charge is 0.202 e. The number of nitrogens with one attached hydrogen (secondary N) is 1. The average Bonchev–Trinajstić information content (AvgIpc) is 2.80. The van der Waals surface area contributed by atoms with Crippen molar-refractivity contribution in [2.75, 3.05) is 31.3 Å². The van der Waals surface area contributed by atoms with Gasteiger partial charge in [0.2, 0.25) is 5.95 Å². The summed E-state index contributed by atoms with van der Waals surface area (Å²) in [6, 6.07) is 0. The van der Waals surface area contributed by atoms with Gasteiger partial charge in [-0.3, -0.25) is 0 Å². The number of imidazole rings is 1. The predicted molar refractivity (Wildman–Crippen MR) is 79.4 cm³/mol. The summed E-state index contributed by atoms with van der Waals surface area (Å²) in [4.78, 5) is 4.35. The van der Waals surface area contributed by atoms with Crippen molar-refractivity contribution in [2.24, 2.45) is 0 Å². The van der Waals surface area contributed by atoms with Crippen molar-refractivity contribution >= 4 is 17.7 Å². The Kier molecular flexibility index (Phi) is 6.57. The summed E-state index contributed by atoms with van der Waals surface area (Å²) in [7, 11) is 0. The first-order valence-corrected chi connectivity index (χ1v) is 7.69. The first-order valence-electron chi connectivity index (χ1n) is 6.47. The van der Waals surface area contributed by atoms with Gasteiger partial charge in [0.1, 0.15) is 0 Å². The first kappa shape index (κ1) is 15.4. The van der Waals surface area contributed by atoms with E-state index in [1.165, 1.54) is 0 Å². The third kappa shape index (κ3) is 5.31. The van der Waals surface area contributed by atoms with E-state index in [1.54, 1.807) is 0 Å². The molecule has 0 amide bonds. The third-order valence-electron chi connectivity index (χ3n) is 2.83. The first-order chi connectivity index (χ1) is 8.59. The second-order valence-electron chi connectivity index (χ2n) is 4.81. The van der Waals surface area contributed by atoms with Gasteiger partial charge in [0.15, 0.2) is 0 Å². The van der Waals surface area contributed by atoms with Crippen molar-refractivity contribution in [1.82, 2.24) is 9.55 Å². The van der Waals surface area contributed by atoms with E-state index in [-0.39, 0.29) is 4.75 Å². The number of thioether (sulfide) groups is 1. The minimum atomic E-state index is 0.224. The standard InChI is InChI=1S/C13H25N3OS/c1-5-17-10-6-8-16-9-7-14-12(16)15-11-13(2,3)18-4/h7,9H,5-6,8,10-11H2,1-4H3,(H,14,15). The van der Waals surface area contributed by atoms with Gasteiger partial charge in [0, 0.05) is 43.4 Å². The number of aromatic nitrogens is 2. The summed E-state index contributed by atoms with van der Waals surface area (Å²) in [5.41, 5.74) is 0. The van der Waals surface area contributed by atoms with Crippen LogP contribution in [0.15, 0.2) is 12.4 Å². The topological polar surface area (TPSA) is 39.1 Å². The Labute approximate surface area is 115 Å². The predicted octanol–water partition coefficient (Wildman–Crippen LogP) is 2.86. The molecule has 5 heteroatoms. The molecule has 0 bridgehead atoms. The van der Waals surface area contributed by atoms with Crippen molar-refractivity contribution in [3.05, 3.63) is 12.4 Å². The number of aryl methyl sites for hydroxylation is 1. The maximum absolute atomic E-state index is 5.35. The van der Waals surface area contributed by atoms with Crippen LogP contribution in [0.25, 0.3) is 0 Å². The van der Waals surface area contributed by atoms with Crippen LogP contribution in [0.1, 0.15) is 27.2 Å². The molecule has 1 aromatic heterocycles. The zero-order valence-electron chi connectivity index (χ0n) is 11.9. The molecule has 0 aliphatic carbocycles. The van der Waals surface area contributed by atoms with E-state index in [0.717, 1.165) is 38.7 Å². The number of hydrogen-bond acceptors (Lipinski definition) is 4. The lowest BCUT2D eigenvalue weighted by molar-refractivity contribution is 0.142. The van der Waals surface area contributed by atoms with Gasteiger partial charge in [-0.2, -0.15) is 11.8 Å². The van der Waals surface area contributed by atoms with Crippen molar-refractivity contribution in [3.63, 3.8) is 0 Å². The lowest BCUT2D eigenvalue weighted by Crippen LogP contribution is -2.27. The van der Waals surface area contributed by atoms with Gasteiger partial charge in [-0.15, -0.1) is 0 Å². The van der Waals surface area contributed by atoms with Crippen LogP contribution in [-0.4, -0.2) is 40.3 Å². The summed E-state index contributed by atoms with van der Waals surface area (Å²) < 4.78 is 7.72. The molecule has 4 nitrogen and oxygen atoms in total. The molecule has 0 saturated heterocycles. The fraction of sp³-hybridized carbons (Fsp3) is 0.769. The zero-order valence-corrected chi connectivity index (χ0v) is 12.7. The quantitative estimate of drug-likeness (QED) is 0.701. The Morgan fingerprint density at radius 2 is 2.28 bits per heavy atom. The number of nitrogens with zero attached hydrogens (tertiary/aromatic N) is 2. The van der Waals surface area contributed by atoms with Crippen LogP contribution >= 0.6 is 11.8 Å². The van der Waals surface area contributed by atoms with Crippen LogP contribution in [0, 0.1) is 0 Å². The number of hydrogen-bond donors (Lipinski definition) is 1. The second kappa shape index (κ2) is 7.69. The van der Waals surface area contributed by atoms with Crippen LogP contribution in [0.2, 0.25) is 0 Å². The highest BCUT2D eigenvalue weighted by atomic mass is 32.2. The van der Waals surface area contributed by atoms with E-state index in [1.807, 2.05) is 31.1 Å². The van der Waals surface area contributed by atoms with Crippen molar-refractivity contribution < 1.29 is 4.74 Å². The van der Waals surface area contributed by atoms with E-state index >= 15 is 0 Å². The molecule has 0 aliphatic heterocycles. The number of rotatable bonds is 9. The SMILES string of the molecule is CCOCCCn1ccnc1NCC(C)(C)SC. The molecule has 0 fully saturated rings. The van der Waals surface area contributed by atoms with Gasteiger partial charge in [0.25, 0.3) is 0 Å². The number of ether oxygens (including phenoxy) is 1. The molecule has 1 aromatic rings. The molecule has 0 aliphatic rings. The summed E-state index contributed by atoms with van der Waals surface area (Å²) in [6.45, 7) is 9.94. The Bertz CT molecular complexity index is 339. The van der Waals surface area contributed by atoms with Gasteiger partial charge in [-0.25, -0.2) is 4.98 Å². The minimum absolute atomic E-state index is 0.224. The Balaban J connectivity index is 2.40. The Morgan fingerprint density at radius 1 is 1.50 bits per heavy atom. The van der Waals surface area contributed by atoms with Gasteiger partial charge < -0.3 is 14.6 Å². The van der Waals surface area contributed by atoms with Crippen molar-refractivity contribution in [1.29, 1.82) is 0 Å². The fourth-order valence-electron chi connectivity index (χ4n) is 1.50. The molecule has 1 heterocycles. The van der Waals surface area contributed by atoms with Crippen LogP contribution in [0.5, 0.6) is 0 Å². The lowest BCUT2D eigenvalue weighted by Gasteiger charge is -2.22. The molecule has 18 heavy (non-hydrogen) atoms. The molecule has 0 spiro atoms. The molecule has 0 unspecified atom stereocenters. The molecule has 104 valence electrons. The largest absolute Gasteiger partial charge is 0.382 e. The maximum atomic E-state index is 5.35. The lowest BCUT2D eigenvalue weighted by atomic mass is 10.2. The summed E-state index contributed by atoms with van der Waals surface area (Å²) >= 11 is 1.86. The van der Waals surface area contributed by atoms with E-state index in [4.69, 9.17) is 4.74 Å². The molecule has 1 rings (SSSR count). The van der Waals surface area contributed by atoms with E-state index in [9.17, 15) is 0 Å². The van der Waals surface area contributed by atoms with Gasteiger partial charge in [-0.05, 0) is 33.4 Å². The van der Waals surface area contributed by atoms with E-state index in [0.29, 0.717) is 0 Å². The Morgan fingerprint density at radius 3 is 2.94 bits per heavy atom. The molecule has 0 radical (unpaired) electrons. The van der Waals surface area contributed by atoms with Crippen LogP contribution in [-0.2, 0) is 11.3 Å². The molecular formula is C13H25N3OS. The maximum Gasteiger partial charge on any atom is 0.202 e.